The zero-order valence-corrected chi connectivity index (χ0v) is 11.3. The van der Waals surface area contributed by atoms with Gasteiger partial charge in [0.25, 0.3) is 0 Å². The van der Waals surface area contributed by atoms with E-state index >= 15 is 0 Å². The van der Waals surface area contributed by atoms with Gasteiger partial charge in [0.05, 0.1) is 12.1 Å². The number of rotatable bonds is 3. The van der Waals surface area contributed by atoms with E-state index in [1.54, 1.807) is 13.0 Å². The smallest absolute Gasteiger partial charge is 0.228 e. The van der Waals surface area contributed by atoms with Crippen molar-refractivity contribution < 1.29 is 13.6 Å². The molecule has 0 spiro atoms. The van der Waals surface area contributed by atoms with Crippen LogP contribution in [0.1, 0.15) is 11.1 Å². The maximum Gasteiger partial charge on any atom is 0.228 e. The van der Waals surface area contributed by atoms with Gasteiger partial charge in [0, 0.05) is 11.8 Å². The fraction of sp³-hybridized carbons (Fsp3) is 0.143. The second-order valence-corrected chi connectivity index (χ2v) is 4.59. The van der Waals surface area contributed by atoms with E-state index in [1.807, 2.05) is 0 Å². The molecule has 0 atom stereocenters. The molecule has 0 fully saturated rings. The Kier molecular flexibility index (Phi) is 4.29. The highest BCUT2D eigenvalue weighted by Gasteiger charge is 2.14. The maximum atomic E-state index is 13.5. The molecule has 1 aromatic heterocycles. The van der Waals surface area contributed by atoms with Crippen molar-refractivity contribution in [3.05, 3.63) is 58.4 Å². The first-order chi connectivity index (χ1) is 9.49. The number of hydrogen-bond donors (Lipinski definition) is 1. The predicted octanol–water partition coefficient (Wildman–Crippen LogP) is 3.50. The van der Waals surface area contributed by atoms with Gasteiger partial charge in [-0.3, -0.25) is 4.79 Å². The van der Waals surface area contributed by atoms with E-state index < -0.39 is 17.5 Å². The summed E-state index contributed by atoms with van der Waals surface area (Å²) >= 11 is 5.87. The number of aryl methyl sites for hydroxylation is 1. The summed E-state index contributed by atoms with van der Waals surface area (Å²) in [5.41, 5.74) is 1.09. The SMILES string of the molecule is Cc1ccnc(Cl)c1NC(=O)Cc1cccc(F)c1F. The number of carbonyl (C=O) groups excluding carboxylic acids is 1. The van der Waals surface area contributed by atoms with Gasteiger partial charge >= 0.3 is 0 Å². The molecule has 20 heavy (non-hydrogen) atoms. The molecule has 0 unspecified atom stereocenters. The lowest BCUT2D eigenvalue weighted by atomic mass is 10.1. The minimum absolute atomic E-state index is 0.0137. The molecule has 6 heteroatoms. The molecule has 0 radical (unpaired) electrons. The molecule has 0 aliphatic carbocycles. The lowest BCUT2D eigenvalue weighted by Crippen LogP contribution is -2.16. The average molecular weight is 297 g/mol. The number of benzene rings is 1. The van der Waals surface area contributed by atoms with Crippen molar-refractivity contribution in [1.82, 2.24) is 4.98 Å². The van der Waals surface area contributed by atoms with Crippen LogP contribution in [0, 0.1) is 18.6 Å². The summed E-state index contributed by atoms with van der Waals surface area (Å²) in [6.45, 7) is 1.76. The van der Waals surface area contributed by atoms with E-state index in [0.717, 1.165) is 11.6 Å². The standard InChI is InChI=1S/C14H11ClF2N2O/c1-8-5-6-18-14(15)13(8)19-11(20)7-9-3-2-4-10(16)12(9)17/h2-6H,7H2,1H3,(H,19,20). The molecule has 0 bridgehead atoms. The molecule has 3 nitrogen and oxygen atoms in total. The van der Waals surface area contributed by atoms with Crippen LogP contribution in [0.4, 0.5) is 14.5 Å². The Labute approximate surface area is 119 Å². The minimum Gasteiger partial charge on any atom is -0.323 e. The Hall–Kier alpha value is -2.01. The lowest BCUT2D eigenvalue weighted by Gasteiger charge is -2.10. The zero-order valence-electron chi connectivity index (χ0n) is 10.6. The quantitative estimate of drug-likeness (QED) is 0.881. The van der Waals surface area contributed by atoms with Crippen LogP contribution in [0.3, 0.4) is 0 Å². The summed E-state index contributed by atoms with van der Waals surface area (Å²) in [5.74, 6) is -2.49. The van der Waals surface area contributed by atoms with Gasteiger partial charge in [-0.15, -0.1) is 0 Å². The van der Waals surface area contributed by atoms with Crippen molar-refractivity contribution >= 4 is 23.2 Å². The number of aromatic nitrogens is 1. The highest BCUT2D eigenvalue weighted by atomic mass is 35.5. The van der Waals surface area contributed by atoms with Gasteiger partial charge in [-0.2, -0.15) is 0 Å². The van der Waals surface area contributed by atoms with Crippen LogP contribution in [0.5, 0.6) is 0 Å². The van der Waals surface area contributed by atoms with Crippen LogP contribution < -0.4 is 5.32 Å². The third kappa shape index (κ3) is 3.11. The molecule has 104 valence electrons. The lowest BCUT2D eigenvalue weighted by molar-refractivity contribution is -0.115. The normalized spacial score (nSPS) is 10.4. The molecular weight excluding hydrogens is 286 g/mol. The molecule has 1 amide bonds. The van der Waals surface area contributed by atoms with Crippen LogP contribution in [0.25, 0.3) is 0 Å². The van der Waals surface area contributed by atoms with Crippen molar-refractivity contribution in [2.75, 3.05) is 5.32 Å². The average Bonchev–Trinajstić information content (AvgIpc) is 2.39. The minimum atomic E-state index is -1.02. The molecular formula is C14H11ClF2N2O. The number of nitrogens with zero attached hydrogens (tertiary/aromatic N) is 1. The molecule has 0 saturated heterocycles. The number of nitrogens with one attached hydrogen (secondary N) is 1. The second-order valence-electron chi connectivity index (χ2n) is 4.23. The predicted molar refractivity (Wildman–Crippen MR) is 72.7 cm³/mol. The number of pyridine rings is 1. The van der Waals surface area contributed by atoms with E-state index in [9.17, 15) is 13.6 Å². The number of carbonyl (C=O) groups is 1. The summed E-state index contributed by atoms with van der Waals surface area (Å²) in [6, 6.07) is 5.39. The van der Waals surface area contributed by atoms with Crippen molar-refractivity contribution in [2.45, 2.75) is 13.3 Å². The Balaban J connectivity index is 2.16. The molecule has 1 heterocycles. The van der Waals surface area contributed by atoms with Crippen molar-refractivity contribution in [3.63, 3.8) is 0 Å². The Morgan fingerprint density at radius 2 is 2.10 bits per heavy atom. The summed E-state index contributed by atoms with van der Waals surface area (Å²) in [5, 5.41) is 2.70. The Bertz CT molecular complexity index is 641. The van der Waals surface area contributed by atoms with Crippen LogP contribution >= 0.6 is 11.6 Å². The van der Waals surface area contributed by atoms with E-state index in [0.29, 0.717) is 5.69 Å². The number of hydrogen-bond acceptors (Lipinski definition) is 2. The molecule has 1 N–H and O–H groups in total. The molecule has 2 aromatic rings. The third-order valence-electron chi connectivity index (χ3n) is 2.76. The largest absolute Gasteiger partial charge is 0.323 e. The fourth-order valence-electron chi connectivity index (χ4n) is 1.72. The van der Waals surface area contributed by atoms with Gasteiger partial charge in [0.1, 0.15) is 0 Å². The van der Waals surface area contributed by atoms with Crippen LogP contribution in [0.15, 0.2) is 30.5 Å². The number of halogens is 3. The van der Waals surface area contributed by atoms with Crippen molar-refractivity contribution in [2.24, 2.45) is 0 Å². The molecule has 0 aliphatic heterocycles. The van der Waals surface area contributed by atoms with E-state index in [1.165, 1.54) is 18.3 Å². The third-order valence-corrected chi connectivity index (χ3v) is 3.05. The summed E-state index contributed by atoms with van der Waals surface area (Å²) in [7, 11) is 0. The van der Waals surface area contributed by atoms with Gasteiger partial charge < -0.3 is 5.32 Å². The topological polar surface area (TPSA) is 42.0 Å². The van der Waals surface area contributed by atoms with E-state index in [-0.39, 0.29) is 17.1 Å². The summed E-state index contributed by atoms with van der Waals surface area (Å²) in [6.07, 6.45) is 1.23. The van der Waals surface area contributed by atoms with Gasteiger partial charge in [0.15, 0.2) is 16.8 Å². The van der Waals surface area contributed by atoms with Crippen molar-refractivity contribution in [3.8, 4) is 0 Å². The molecule has 0 saturated carbocycles. The molecule has 2 rings (SSSR count). The maximum absolute atomic E-state index is 13.5. The summed E-state index contributed by atoms with van der Waals surface area (Å²) in [4.78, 5) is 15.7. The Morgan fingerprint density at radius 1 is 1.35 bits per heavy atom. The highest BCUT2D eigenvalue weighted by Crippen LogP contribution is 2.23. The van der Waals surface area contributed by atoms with E-state index in [2.05, 4.69) is 10.3 Å². The number of amides is 1. The first-order valence-corrected chi connectivity index (χ1v) is 6.20. The summed E-state index contributed by atoms with van der Waals surface area (Å²) < 4.78 is 26.5. The highest BCUT2D eigenvalue weighted by molar-refractivity contribution is 6.32. The molecule has 1 aromatic carbocycles. The van der Waals surface area contributed by atoms with Gasteiger partial charge in [-0.05, 0) is 24.6 Å². The first kappa shape index (κ1) is 14.4. The zero-order chi connectivity index (χ0) is 14.7. The van der Waals surface area contributed by atoms with E-state index in [4.69, 9.17) is 11.6 Å². The van der Waals surface area contributed by atoms with Crippen molar-refractivity contribution in [1.29, 1.82) is 0 Å². The van der Waals surface area contributed by atoms with Crippen LogP contribution in [-0.2, 0) is 11.2 Å². The monoisotopic (exact) mass is 296 g/mol. The molecule has 0 aliphatic rings. The second kappa shape index (κ2) is 5.96. The van der Waals surface area contributed by atoms with Gasteiger partial charge in [-0.25, -0.2) is 13.8 Å². The van der Waals surface area contributed by atoms with Crippen LogP contribution in [-0.4, -0.2) is 10.9 Å². The van der Waals surface area contributed by atoms with Gasteiger partial charge in [0.2, 0.25) is 5.91 Å². The number of anilines is 1. The van der Waals surface area contributed by atoms with Crippen LogP contribution in [0.2, 0.25) is 5.15 Å². The fourth-order valence-corrected chi connectivity index (χ4v) is 1.97. The Morgan fingerprint density at radius 3 is 2.80 bits per heavy atom. The first-order valence-electron chi connectivity index (χ1n) is 5.83. The van der Waals surface area contributed by atoms with Gasteiger partial charge in [-0.1, -0.05) is 23.7 Å².